The van der Waals surface area contributed by atoms with Gasteiger partial charge in [-0.3, -0.25) is 4.79 Å². The van der Waals surface area contributed by atoms with Crippen molar-refractivity contribution in [2.45, 2.75) is 26.4 Å². The number of aromatic nitrogens is 2. The van der Waals surface area contributed by atoms with Crippen LogP contribution in [0.25, 0.3) is 0 Å². The Morgan fingerprint density at radius 1 is 1.35 bits per heavy atom. The van der Waals surface area contributed by atoms with E-state index in [0.717, 1.165) is 11.4 Å². The van der Waals surface area contributed by atoms with Crippen molar-refractivity contribution >= 4 is 11.9 Å². The number of aliphatic hydroxyl groups excluding tert-OH is 1. The molecule has 1 aliphatic heterocycles. The highest BCUT2D eigenvalue weighted by atomic mass is 16.3. The molecule has 1 fully saturated rings. The molecule has 110 valence electrons. The Bertz CT molecular complexity index is 484. The van der Waals surface area contributed by atoms with Crippen LogP contribution in [-0.4, -0.2) is 59.2 Å². The van der Waals surface area contributed by atoms with E-state index in [1.54, 1.807) is 19.0 Å². The van der Waals surface area contributed by atoms with Crippen molar-refractivity contribution in [3.05, 3.63) is 17.5 Å². The maximum absolute atomic E-state index is 11.8. The van der Waals surface area contributed by atoms with Crippen LogP contribution >= 0.6 is 0 Å². The number of aliphatic hydroxyl groups is 1. The molecule has 1 N–H and O–H groups in total. The number of hydrogen-bond donors (Lipinski definition) is 1. The van der Waals surface area contributed by atoms with Gasteiger partial charge in [0.05, 0.1) is 6.10 Å². The molecule has 2 atom stereocenters. The second kappa shape index (κ2) is 5.75. The molecule has 1 aromatic rings. The summed E-state index contributed by atoms with van der Waals surface area (Å²) in [7, 11) is 3.46. The van der Waals surface area contributed by atoms with E-state index < -0.39 is 6.10 Å². The molecule has 1 aromatic heterocycles. The number of nitrogens with zero attached hydrogens (tertiary/aromatic N) is 4. The summed E-state index contributed by atoms with van der Waals surface area (Å²) in [6, 6.07) is 1.92. The van der Waals surface area contributed by atoms with E-state index in [2.05, 4.69) is 9.97 Å². The fourth-order valence-corrected chi connectivity index (χ4v) is 2.47. The van der Waals surface area contributed by atoms with Gasteiger partial charge in [0.2, 0.25) is 11.9 Å². The molecule has 1 saturated heterocycles. The van der Waals surface area contributed by atoms with E-state index in [-0.39, 0.29) is 11.8 Å². The molecular formula is C14H22N4O2. The Morgan fingerprint density at radius 3 is 2.50 bits per heavy atom. The number of amides is 1. The van der Waals surface area contributed by atoms with Gasteiger partial charge >= 0.3 is 0 Å². The maximum Gasteiger partial charge on any atom is 0.225 e. The summed E-state index contributed by atoms with van der Waals surface area (Å²) in [5.74, 6) is 0.618. The Labute approximate surface area is 119 Å². The number of aryl methyl sites for hydroxylation is 2. The lowest BCUT2D eigenvalue weighted by Crippen LogP contribution is -2.28. The summed E-state index contributed by atoms with van der Waals surface area (Å²) < 4.78 is 0. The topological polar surface area (TPSA) is 69.6 Å². The molecule has 20 heavy (non-hydrogen) atoms. The molecule has 6 heteroatoms. The van der Waals surface area contributed by atoms with Crippen LogP contribution in [0.15, 0.2) is 6.07 Å². The molecule has 0 spiro atoms. The molecular weight excluding hydrogens is 256 g/mol. The predicted molar refractivity (Wildman–Crippen MR) is 76.5 cm³/mol. The summed E-state index contributed by atoms with van der Waals surface area (Å²) in [5.41, 5.74) is 1.82. The molecule has 0 bridgehead atoms. The molecule has 0 unspecified atom stereocenters. The second-order valence-corrected chi connectivity index (χ2v) is 5.68. The van der Waals surface area contributed by atoms with Gasteiger partial charge in [-0.1, -0.05) is 0 Å². The van der Waals surface area contributed by atoms with Gasteiger partial charge in [-0.05, 0) is 19.9 Å². The van der Waals surface area contributed by atoms with E-state index in [9.17, 15) is 9.90 Å². The van der Waals surface area contributed by atoms with Crippen molar-refractivity contribution < 1.29 is 9.90 Å². The highest BCUT2D eigenvalue weighted by molar-refractivity contribution is 5.76. The van der Waals surface area contributed by atoms with Gasteiger partial charge in [0.25, 0.3) is 0 Å². The van der Waals surface area contributed by atoms with Crippen LogP contribution in [0, 0.1) is 19.8 Å². The molecule has 0 aliphatic carbocycles. The lowest BCUT2D eigenvalue weighted by Gasteiger charge is -2.17. The predicted octanol–water partition coefficient (Wildman–Crippen LogP) is 0.369. The minimum Gasteiger partial charge on any atom is -0.391 e. The monoisotopic (exact) mass is 278 g/mol. The van der Waals surface area contributed by atoms with Crippen LogP contribution in [0.5, 0.6) is 0 Å². The first kappa shape index (κ1) is 14.7. The van der Waals surface area contributed by atoms with Crippen molar-refractivity contribution in [1.82, 2.24) is 14.9 Å². The number of rotatable bonds is 3. The maximum atomic E-state index is 11.8. The minimum atomic E-state index is -0.511. The molecule has 0 saturated carbocycles. The van der Waals surface area contributed by atoms with Gasteiger partial charge in [-0.15, -0.1) is 0 Å². The van der Waals surface area contributed by atoms with Crippen LogP contribution < -0.4 is 4.90 Å². The summed E-state index contributed by atoms with van der Waals surface area (Å²) in [4.78, 5) is 24.1. The van der Waals surface area contributed by atoms with Gasteiger partial charge in [0.1, 0.15) is 0 Å². The average Bonchev–Trinajstić information content (AvgIpc) is 2.69. The van der Waals surface area contributed by atoms with Crippen molar-refractivity contribution in [3.63, 3.8) is 0 Å². The normalized spacial score (nSPS) is 22.1. The quantitative estimate of drug-likeness (QED) is 0.865. The fraction of sp³-hybridized carbons (Fsp3) is 0.643. The SMILES string of the molecule is Cc1cc(C)nc(N2C[C@H](CC(=O)N(C)C)[C@@H](O)C2)n1. The molecule has 0 aromatic carbocycles. The van der Waals surface area contributed by atoms with E-state index in [1.807, 2.05) is 24.8 Å². The van der Waals surface area contributed by atoms with Crippen molar-refractivity contribution in [3.8, 4) is 0 Å². The van der Waals surface area contributed by atoms with Crippen LogP contribution in [0.1, 0.15) is 17.8 Å². The Morgan fingerprint density at radius 2 is 1.95 bits per heavy atom. The number of anilines is 1. The van der Waals surface area contributed by atoms with Gasteiger partial charge in [-0.25, -0.2) is 9.97 Å². The van der Waals surface area contributed by atoms with Crippen LogP contribution in [0.3, 0.4) is 0 Å². The summed E-state index contributed by atoms with van der Waals surface area (Å²) in [6.45, 7) is 4.95. The van der Waals surface area contributed by atoms with Crippen molar-refractivity contribution in [1.29, 1.82) is 0 Å². The van der Waals surface area contributed by atoms with Gasteiger partial charge in [-0.2, -0.15) is 0 Å². The van der Waals surface area contributed by atoms with E-state index >= 15 is 0 Å². The smallest absolute Gasteiger partial charge is 0.225 e. The molecule has 6 nitrogen and oxygen atoms in total. The summed E-state index contributed by atoms with van der Waals surface area (Å²) >= 11 is 0. The third kappa shape index (κ3) is 3.25. The largest absolute Gasteiger partial charge is 0.391 e. The van der Waals surface area contributed by atoms with Crippen molar-refractivity contribution in [2.75, 3.05) is 32.1 Å². The molecule has 1 aliphatic rings. The lowest BCUT2D eigenvalue weighted by molar-refractivity contribution is -0.130. The van der Waals surface area contributed by atoms with E-state index in [1.165, 1.54) is 0 Å². The van der Waals surface area contributed by atoms with Crippen LogP contribution in [-0.2, 0) is 4.79 Å². The zero-order valence-electron chi connectivity index (χ0n) is 12.5. The number of β-amino-alcohol motifs (C(OH)–C–C–N with tert-alkyl or cyclic N) is 1. The number of carbonyl (C=O) groups is 1. The highest BCUT2D eigenvalue weighted by Gasteiger charge is 2.34. The van der Waals surface area contributed by atoms with Crippen molar-refractivity contribution in [2.24, 2.45) is 5.92 Å². The Kier molecular flexibility index (Phi) is 4.23. The average molecular weight is 278 g/mol. The second-order valence-electron chi connectivity index (χ2n) is 5.68. The first-order chi connectivity index (χ1) is 9.36. The Hall–Kier alpha value is -1.69. The molecule has 1 amide bonds. The highest BCUT2D eigenvalue weighted by Crippen LogP contribution is 2.24. The van der Waals surface area contributed by atoms with E-state index in [4.69, 9.17) is 0 Å². The first-order valence-corrected chi connectivity index (χ1v) is 6.82. The molecule has 2 rings (SSSR count). The molecule has 2 heterocycles. The fourth-order valence-electron chi connectivity index (χ4n) is 2.47. The number of hydrogen-bond acceptors (Lipinski definition) is 5. The third-order valence-corrected chi connectivity index (χ3v) is 3.60. The van der Waals surface area contributed by atoms with E-state index in [0.29, 0.717) is 25.5 Å². The zero-order chi connectivity index (χ0) is 14.9. The number of carbonyl (C=O) groups excluding carboxylic acids is 1. The third-order valence-electron chi connectivity index (χ3n) is 3.60. The lowest BCUT2D eigenvalue weighted by atomic mass is 10.0. The van der Waals surface area contributed by atoms with Gasteiger partial charge in [0, 0.05) is 50.9 Å². The standard InChI is InChI=1S/C14H22N4O2/c1-9-5-10(2)16-14(15-9)18-7-11(12(19)8-18)6-13(20)17(3)4/h5,11-12,19H,6-8H2,1-4H3/t11-,12-/m0/s1. The van der Waals surface area contributed by atoms with Crippen LogP contribution in [0.2, 0.25) is 0 Å². The molecule has 0 radical (unpaired) electrons. The summed E-state index contributed by atoms with van der Waals surface area (Å²) in [5, 5.41) is 10.1. The zero-order valence-corrected chi connectivity index (χ0v) is 12.5. The first-order valence-electron chi connectivity index (χ1n) is 6.82. The Balaban J connectivity index is 2.08. The minimum absolute atomic E-state index is 0.0391. The van der Waals surface area contributed by atoms with Gasteiger partial charge in [0.15, 0.2) is 0 Å². The summed E-state index contributed by atoms with van der Waals surface area (Å²) in [6.07, 6.45) is -0.154. The van der Waals surface area contributed by atoms with Crippen LogP contribution in [0.4, 0.5) is 5.95 Å². The van der Waals surface area contributed by atoms with Gasteiger partial charge < -0.3 is 14.9 Å².